The monoisotopic (exact) mass is 285 g/mol. The standard InChI is InChI=1S/C15H19N3.C3H8/c1-3-12-6-9-18-15(14(12)11(2)10-16)13-4-7-17-8-5-13;1-3-2/h4-9,11H,3,10,16H2,1-2H3;3H2,1-2H3. The quantitative estimate of drug-likeness (QED) is 0.916. The maximum absolute atomic E-state index is 5.83. The van der Waals surface area contributed by atoms with Gasteiger partial charge in [0.2, 0.25) is 0 Å². The minimum absolute atomic E-state index is 0.316. The number of aromatic nitrogens is 2. The number of nitrogens with zero attached hydrogens (tertiary/aromatic N) is 2. The van der Waals surface area contributed by atoms with E-state index in [1.807, 2.05) is 18.3 Å². The molecule has 21 heavy (non-hydrogen) atoms. The summed E-state index contributed by atoms with van der Waals surface area (Å²) in [6, 6.07) is 6.08. The predicted molar refractivity (Wildman–Crippen MR) is 90.3 cm³/mol. The van der Waals surface area contributed by atoms with Gasteiger partial charge in [-0.15, -0.1) is 0 Å². The molecule has 0 spiro atoms. The summed E-state index contributed by atoms with van der Waals surface area (Å²) in [4.78, 5) is 8.60. The van der Waals surface area contributed by atoms with Crippen LogP contribution in [0.2, 0.25) is 0 Å². The third-order valence-electron chi connectivity index (χ3n) is 3.26. The Hall–Kier alpha value is -1.74. The molecule has 0 saturated heterocycles. The van der Waals surface area contributed by atoms with Crippen LogP contribution in [0.1, 0.15) is 51.2 Å². The third kappa shape index (κ3) is 4.64. The highest BCUT2D eigenvalue weighted by Gasteiger charge is 2.15. The summed E-state index contributed by atoms with van der Waals surface area (Å²) in [5.74, 6) is 0.316. The van der Waals surface area contributed by atoms with E-state index in [-0.39, 0.29) is 0 Å². The fourth-order valence-corrected chi connectivity index (χ4v) is 2.23. The normalized spacial score (nSPS) is 11.5. The van der Waals surface area contributed by atoms with E-state index >= 15 is 0 Å². The van der Waals surface area contributed by atoms with Gasteiger partial charge in [0, 0.05) is 24.2 Å². The average molecular weight is 285 g/mol. The van der Waals surface area contributed by atoms with Crippen LogP contribution < -0.4 is 5.73 Å². The van der Waals surface area contributed by atoms with Gasteiger partial charge >= 0.3 is 0 Å². The first-order valence-corrected chi connectivity index (χ1v) is 7.77. The molecular formula is C18H27N3. The molecule has 2 rings (SSSR count). The summed E-state index contributed by atoms with van der Waals surface area (Å²) in [5, 5.41) is 0. The van der Waals surface area contributed by atoms with Gasteiger partial charge in [0.05, 0.1) is 5.69 Å². The Morgan fingerprint density at radius 3 is 2.19 bits per heavy atom. The zero-order valence-corrected chi connectivity index (χ0v) is 13.6. The van der Waals surface area contributed by atoms with Crippen molar-refractivity contribution in [1.29, 1.82) is 0 Å². The molecule has 0 saturated carbocycles. The van der Waals surface area contributed by atoms with Crippen LogP contribution in [0, 0.1) is 0 Å². The third-order valence-corrected chi connectivity index (χ3v) is 3.26. The molecular weight excluding hydrogens is 258 g/mol. The van der Waals surface area contributed by atoms with Gasteiger partial charge in [0.15, 0.2) is 0 Å². The molecule has 3 nitrogen and oxygen atoms in total. The van der Waals surface area contributed by atoms with Crippen LogP contribution in [-0.2, 0) is 6.42 Å². The van der Waals surface area contributed by atoms with Gasteiger partial charge in [-0.05, 0) is 48.2 Å². The van der Waals surface area contributed by atoms with Crippen molar-refractivity contribution in [2.24, 2.45) is 5.73 Å². The lowest BCUT2D eigenvalue weighted by atomic mass is 9.91. The van der Waals surface area contributed by atoms with Crippen molar-refractivity contribution in [1.82, 2.24) is 9.97 Å². The SMILES string of the molecule is CCC.CCc1ccnc(-c2ccncc2)c1C(C)CN. The zero-order valence-electron chi connectivity index (χ0n) is 13.6. The van der Waals surface area contributed by atoms with Crippen LogP contribution in [0.15, 0.2) is 36.8 Å². The fraction of sp³-hybridized carbons (Fsp3) is 0.444. The number of rotatable bonds is 4. The molecule has 0 aliphatic rings. The van der Waals surface area contributed by atoms with E-state index in [4.69, 9.17) is 5.73 Å². The first-order valence-electron chi connectivity index (χ1n) is 7.77. The fourth-order valence-electron chi connectivity index (χ4n) is 2.23. The van der Waals surface area contributed by atoms with E-state index < -0.39 is 0 Å². The minimum atomic E-state index is 0.316. The molecule has 0 aliphatic heterocycles. The molecule has 2 aromatic heterocycles. The Morgan fingerprint density at radius 1 is 1.05 bits per heavy atom. The largest absolute Gasteiger partial charge is 0.330 e. The molecule has 0 fully saturated rings. The first-order chi connectivity index (χ1) is 10.2. The van der Waals surface area contributed by atoms with Crippen molar-refractivity contribution in [3.63, 3.8) is 0 Å². The summed E-state index contributed by atoms with van der Waals surface area (Å²) >= 11 is 0. The van der Waals surface area contributed by atoms with E-state index in [2.05, 4.69) is 43.7 Å². The molecule has 0 radical (unpaired) electrons. The van der Waals surface area contributed by atoms with Gasteiger partial charge < -0.3 is 5.73 Å². The highest BCUT2D eigenvalue weighted by atomic mass is 14.7. The molecule has 114 valence electrons. The Labute approximate surface area is 128 Å². The number of hydrogen-bond acceptors (Lipinski definition) is 3. The topological polar surface area (TPSA) is 51.8 Å². The Bertz CT molecular complexity index is 523. The summed E-state index contributed by atoms with van der Waals surface area (Å²) < 4.78 is 0. The van der Waals surface area contributed by atoms with Gasteiger partial charge in [-0.3, -0.25) is 9.97 Å². The van der Waals surface area contributed by atoms with Gasteiger partial charge in [0.1, 0.15) is 0 Å². The summed E-state index contributed by atoms with van der Waals surface area (Å²) in [5.41, 5.74) is 10.6. The van der Waals surface area contributed by atoms with Crippen LogP contribution in [0.3, 0.4) is 0 Å². The predicted octanol–water partition coefficient (Wildman–Crippen LogP) is 4.18. The minimum Gasteiger partial charge on any atom is -0.330 e. The lowest BCUT2D eigenvalue weighted by molar-refractivity contribution is 0.759. The molecule has 1 unspecified atom stereocenters. The smallest absolute Gasteiger partial charge is 0.0740 e. The highest BCUT2D eigenvalue weighted by molar-refractivity contribution is 5.64. The molecule has 0 bridgehead atoms. The van der Waals surface area contributed by atoms with Gasteiger partial charge in [0.25, 0.3) is 0 Å². The van der Waals surface area contributed by atoms with Crippen molar-refractivity contribution in [2.45, 2.75) is 46.5 Å². The van der Waals surface area contributed by atoms with E-state index in [9.17, 15) is 0 Å². The van der Waals surface area contributed by atoms with Crippen LogP contribution in [0.4, 0.5) is 0 Å². The van der Waals surface area contributed by atoms with Gasteiger partial charge in [-0.25, -0.2) is 0 Å². The molecule has 0 aliphatic carbocycles. The van der Waals surface area contributed by atoms with E-state index in [0.29, 0.717) is 12.5 Å². The van der Waals surface area contributed by atoms with Crippen LogP contribution in [0.25, 0.3) is 11.3 Å². The molecule has 2 aromatic rings. The van der Waals surface area contributed by atoms with E-state index in [1.54, 1.807) is 12.4 Å². The number of hydrogen-bond donors (Lipinski definition) is 1. The van der Waals surface area contributed by atoms with Crippen LogP contribution in [0.5, 0.6) is 0 Å². The highest BCUT2D eigenvalue weighted by Crippen LogP contribution is 2.29. The second-order valence-electron chi connectivity index (χ2n) is 5.17. The van der Waals surface area contributed by atoms with Gasteiger partial charge in [-0.2, -0.15) is 0 Å². The number of nitrogens with two attached hydrogens (primary N) is 1. The first kappa shape index (κ1) is 17.3. The number of aryl methyl sites for hydroxylation is 1. The van der Waals surface area contributed by atoms with Crippen LogP contribution >= 0.6 is 0 Å². The van der Waals surface area contributed by atoms with E-state index in [0.717, 1.165) is 17.7 Å². The Balaban J connectivity index is 0.000000677. The lowest BCUT2D eigenvalue weighted by Crippen LogP contribution is -2.13. The molecule has 0 amide bonds. The number of pyridine rings is 2. The van der Waals surface area contributed by atoms with Crippen molar-refractivity contribution in [2.75, 3.05) is 6.54 Å². The van der Waals surface area contributed by atoms with E-state index in [1.165, 1.54) is 17.5 Å². The lowest BCUT2D eigenvalue weighted by Gasteiger charge is -2.18. The molecule has 1 atom stereocenters. The van der Waals surface area contributed by atoms with Crippen molar-refractivity contribution in [3.8, 4) is 11.3 Å². The maximum Gasteiger partial charge on any atom is 0.0740 e. The summed E-state index contributed by atoms with van der Waals surface area (Å²) in [6.07, 6.45) is 7.72. The van der Waals surface area contributed by atoms with Crippen molar-refractivity contribution >= 4 is 0 Å². The second-order valence-corrected chi connectivity index (χ2v) is 5.17. The molecule has 3 heteroatoms. The Morgan fingerprint density at radius 2 is 1.67 bits per heavy atom. The average Bonchev–Trinajstić information content (AvgIpc) is 2.55. The Kier molecular flexibility index (Phi) is 7.62. The molecule has 2 N–H and O–H groups in total. The summed E-state index contributed by atoms with van der Waals surface area (Å²) in [7, 11) is 0. The van der Waals surface area contributed by atoms with Gasteiger partial charge in [-0.1, -0.05) is 34.1 Å². The van der Waals surface area contributed by atoms with Crippen molar-refractivity contribution < 1.29 is 0 Å². The molecule has 0 aromatic carbocycles. The van der Waals surface area contributed by atoms with Crippen molar-refractivity contribution in [3.05, 3.63) is 47.9 Å². The van der Waals surface area contributed by atoms with Crippen LogP contribution in [-0.4, -0.2) is 16.5 Å². The molecule has 2 heterocycles. The maximum atomic E-state index is 5.83. The zero-order chi connectivity index (χ0) is 15.7. The second kappa shape index (κ2) is 9.24. The summed E-state index contributed by atoms with van der Waals surface area (Å²) in [6.45, 7) is 9.20.